The molecule has 1 heterocycles. The van der Waals surface area contributed by atoms with Gasteiger partial charge in [0.2, 0.25) is 0 Å². The topological polar surface area (TPSA) is 29.9 Å². The lowest BCUT2D eigenvalue weighted by Crippen LogP contribution is -2.18. The first-order valence-electron chi connectivity index (χ1n) is 9.24. The predicted octanol–water partition coefficient (Wildman–Crippen LogP) is 5.90. The zero-order chi connectivity index (χ0) is 18.1. The van der Waals surface area contributed by atoms with Gasteiger partial charge in [0.1, 0.15) is 5.52 Å². The molecule has 0 atom stereocenters. The van der Waals surface area contributed by atoms with E-state index in [1.807, 2.05) is 23.9 Å². The minimum absolute atomic E-state index is 0. The lowest BCUT2D eigenvalue weighted by atomic mass is 10.0. The zero-order valence-electron chi connectivity index (χ0n) is 15.3. The standard InChI is InChI=1S/C21H23Cl2N3.ClH/c1-26-20(6-3-11-24-13-14-7-8-14)18-5-2-4-17(21(18)25-26)16-10-9-15(22)12-19(16)23;/h2,4-5,9-10,12,14,24H,3,6-8,11,13H2,1H3;1H. The second-order valence-electron chi connectivity index (χ2n) is 7.15. The van der Waals surface area contributed by atoms with Crippen LogP contribution in [-0.4, -0.2) is 22.9 Å². The molecule has 3 aromatic rings. The molecule has 0 unspecified atom stereocenters. The monoisotopic (exact) mass is 423 g/mol. The van der Waals surface area contributed by atoms with Crippen molar-refractivity contribution in [2.75, 3.05) is 13.1 Å². The van der Waals surface area contributed by atoms with Gasteiger partial charge in [-0.25, -0.2) is 0 Å². The van der Waals surface area contributed by atoms with E-state index in [0.29, 0.717) is 10.0 Å². The maximum Gasteiger partial charge on any atom is 0.100 e. The fourth-order valence-electron chi connectivity index (χ4n) is 3.50. The maximum absolute atomic E-state index is 6.43. The van der Waals surface area contributed by atoms with E-state index >= 15 is 0 Å². The Bertz CT molecular complexity index is 932. The quantitative estimate of drug-likeness (QED) is 0.478. The van der Waals surface area contributed by atoms with Crippen molar-refractivity contribution in [3.8, 4) is 11.1 Å². The van der Waals surface area contributed by atoms with Crippen molar-refractivity contribution in [1.29, 1.82) is 0 Å². The van der Waals surface area contributed by atoms with Crippen molar-refractivity contribution in [3.63, 3.8) is 0 Å². The summed E-state index contributed by atoms with van der Waals surface area (Å²) in [6.45, 7) is 2.23. The molecule has 0 radical (unpaired) electrons. The molecule has 4 rings (SSSR count). The Hall–Kier alpha value is -1.26. The maximum atomic E-state index is 6.43. The van der Waals surface area contributed by atoms with Gasteiger partial charge in [-0.2, -0.15) is 5.10 Å². The summed E-state index contributed by atoms with van der Waals surface area (Å²) in [7, 11) is 2.03. The Morgan fingerprint density at radius 3 is 2.70 bits per heavy atom. The number of fused-ring (bicyclic) bond motifs is 1. The fraction of sp³-hybridized carbons (Fsp3) is 0.381. The first-order valence-corrected chi connectivity index (χ1v) is 10.00. The van der Waals surface area contributed by atoms with Gasteiger partial charge in [0, 0.05) is 39.3 Å². The van der Waals surface area contributed by atoms with E-state index in [2.05, 4.69) is 23.5 Å². The fourth-order valence-corrected chi connectivity index (χ4v) is 4.01. The van der Waals surface area contributed by atoms with Crippen LogP contribution in [0.3, 0.4) is 0 Å². The number of nitrogens with zero attached hydrogens (tertiary/aromatic N) is 2. The predicted molar refractivity (Wildman–Crippen MR) is 117 cm³/mol. The Balaban J connectivity index is 0.00000210. The van der Waals surface area contributed by atoms with Crippen molar-refractivity contribution < 1.29 is 0 Å². The molecule has 144 valence electrons. The second kappa shape index (κ2) is 8.83. The van der Waals surface area contributed by atoms with Gasteiger partial charge in [0.15, 0.2) is 0 Å². The number of rotatable bonds is 7. The van der Waals surface area contributed by atoms with Gasteiger partial charge >= 0.3 is 0 Å². The van der Waals surface area contributed by atoms with Crippen LogP contribution < -0.4 is 5.32 Å². The highest BCUT2D eigenvalue weighted by atomic mass is 35.5. The highest BCUT2D eigenvalue weighted by Gasteiger charge is 2.20. The molecule has 0 saturated heterocycles. The average Bonchev–Trinajstić information content (AvgIpc) is 3.38. The smallest absolute Gasteiger partial charge is 0.100 e. The summed E-state index contributed by atoms with van der Waals surface area (Å²) in [5.74, 6) is 0.930. The molecular formula is C21H24Cl3N3. The van der Waals surface area contributed by atoms with E-state index < -0.39 is 0 Å². The number of hydrogen-bond donors (Lipinski definition) is 1. The molecular weight excluding hydrogens is 401 g/mol. The van der Waals surface area contributed by atoms with E-state index in [0.717, 1.165) is 41.9 Å². The highest BCUT2D eigenvalue weighted by molar-refractivity contribution is 6.36. The van der Waals surface area contributed by atoms with Crippen LogP contribution in [0.2, 0.25) is 10.0 Å². The van der Waals surface area contributed by atoms with E-state index in [-0.39, 0.29) is 12.4 Å². The number of aryl methyl sites for hydroxylation is 2. The van der Waals surface area contributed by atoms with Crippen LogP contribution in [-0.2, 0) is 13.5 Å². The third-order valence-electron chi connectivity index (χ3n) is 5.11. The van der Waals surface area contributed by atoms with E-state index in [1.165, 1.54) is 30.5 Å². The zero-order valence-corrected chi connectivity index (χ0v) is 17.7. The Kier molecular flexibility index (Phi) is 6.69. The van der Waals surface area contributed by atoms with Gasteiger partial charge in [-0.05, 0) is 56.8 Å². The van der Waals surface area contributed by atoms with Gasteiger partial charge in [0.25, 0.3) is 0 Å². The van der Waals surface area contributed by atoms with Gasteiger partial charge in [-0.1, -0.05) is 47.5 Å². The molecule has 1 aromatic heterocycles. The van der Waals surface area contributed by atoms with Crippen LogP contribution in [0.15, 0.2) is 36.4 Å². The normalized spacial score (nSPS) is 13.7. The van der Waals surface area contributed by atoms with Crippen LogP contribution >= 0.6 is 35.6 Å². The first kappa shape index (κ1) is 20.5. The number of aromatic nitrogens is 2. The molecule has 1 aliphatic carbocycles. The Morgan fingerprint density at radius 1 is 1.15 bits per heavy atom. The second-order valence-corrected chi connectivity index (χ2v) is 7.99. The summed E-state index contributed by atoms with van der Waals surface area (Å²) in [6, 6.07) is 11.9. The van der Waals surface area contributed by atoms with Crippen LogP contribution in [0.5, 0.6) is 0 Å². The third-order valence-corrected chi connectivity index (χ3v) is 5.65. The van der Waals surface area contributed by atoms with Crippen molar-refractivity contribution in [2.24, 2.45) is 13.0 Å². The minimum atomic E-state index is 0. The van der Waals surface area contributed by atoms with Crippen LogP contribution in [0.25, 0.3) is 22.0 Å². The average molecular weight is 425 g/mol. The summed E-state index contributed by atoms with van der Waals surface area (Å²) >= 11 is 12.5. The lowest BCUT2D eigenvalue weighted by molar-refractivity contribution is 0.600. The molecule has 1 fully saturated rings. The van der Waals surface area contributed by atoms with Gasteiger partial charge in [-0.15, -0.1) is 12.4 Å². The summed E-state index contributed by atoms with van der Waals surface area (Å²) in [6.07, 6.45) is 4.93. The molecule has 27 heavy (non-hydrogen) atoms. The first-order chi connectivity index (χ1) is 12.6. The van der Waals surface area contributed by atoms with Gasteiger partial charge in [0.05, 0.1) is 0 Å². The molecule has 2 aromatic carbocycles. The van der Waals surface area contributed by atoms with E-state index in [1.54, 1.807) is 6.07 Å². The molecule has 6 heteroatoms. The summed E-state index contributed by atoms with van der Waals surface area (Å²) in [4.78, 5) is 0. The minimum Gasteiger partial charge on any atom is -0.316 e. The highest BCUT2D eigenvalue weighted by Crippen LogP contribution is 2.35. The van der Waals surface area contributed by atoms with E-state index in [4.69, 9.17) is 28.3 Å². The number of nitrogens with one attached hydrogen (secondary N) is 1. The molecule has 0 bridgehead atoms. The SMILES string of the molecule is Cl.Cn1nc2c(-c3ccc(Cl)cc3Cl)cccc2c1CCCNCC1CC1. The summed E-state index contributed by atoms with van der Waals surface area (Å²) < 4.78 is 2.01. The van der Waals surface area contributed by atoms with Crippen molar-refractivity contribution in [1.82, 2.24) is 15.1 Å². The Morgan fingerprint density at radius 2 is 1.96 bits per heavy atom. The number of halogens is 3. The molecule has 3 nitrogen and oxygen atoms in total. The van der Waals surface area contributed by atoms with Crippen LogP contribution in [0.4, 0.5) is 0 Å². The third kappa shape index (κ3) is 4.60. The number of hydrogen-bond acceptors (Lipinski definition) is 2. The number of benzene rings is 2. The van der Waals surface area contributed by atoms with Crippen molar-refractivity contribution >= 4 is 46.5 Å². The Labute approximate surface area is 176 Å². The molecule has 0 amide bonds. The molecule has 1 aliphatic rings. The van der Waals surface area contributed by atoms with Crippen LogP contribution in [0.1, 0.15) is 25.0 Å². The van der Waals surface area contributed by atoms with Crippen molar-refractivity contribution in [3.05, 3.63) is 52.1 Å². The molecule has 0 aliphatic heterocycles. The molecule has 1 saturated carbocycles. The van der Waals surface area contributed by atoms with Gasteiger partial charge in [-0.3, -0.25) is 4.68 Å². The molecule has 0 spiro atoms. The van der Waals surface area contributed by atoms with Gasteiger partial charge < -0.3 is 5.32 Å². The largest absolute Gasteiger partial charge is 0.316 e. The van der Waals surface area contributed by atoms with Crippen molar-refractivity contribution in [2.45, 2.75) is 25.7 Å². The summed E-state index contributed by atoms with van der Waals surface area (Å²) in [5, 5.41) is 10.9. The van der Waals surface area contributed by atoms with Crippen LogP contribution in [0, 0.1) is 5.92 Å². The summed E-state index contributed by atoms with van der Waals surface area (Å²) in [5.41, 5.74) is 4.30. The molecule has 1 N–H and O–H groups in total. The lowest BCUT2D eigenvalue weighted by Gasteiger charge is -2.07. The van der Waals surface area contributed by atoms with E-state index in [9.17, 15) is 0 Å².